The van der Waals surface area contributed by atoms with Crippen LogP contribution in [0.15, 0.2) is 64.3 Å². The maximum absolute atomic E-state index is 13.4. The van der Waals surface area contributed by atoms with Crippen molar-refractivity contribution in [2.75, 3.05) is 5.32 Å². The Morgan fingerprint density at radius 3 is 2.67 bits per heavy atom. The van der Waals surface area contributed by atoms with Gasteiger partial charge in [0, 0.05) is 24.7 Å². The number of hydrogen-bond donors (Lipinski definition) is 2. The first-order valence-corrected chi connectivity index (χ1v) is 10.2. The molecule has 164 valence electrons. The first kappa shape index (κ1) is 20.3. The summed E-state index contributed by atoms with van der Waals surface area (Å²) >= 11 is 0. The molecule has 0 spiro atoms. The Morgan fingerprint density at radius 1 is 1.15 bits per heavy atom. The summed E-state index contributed by atoms with van der Waals surface area (Å²) in [6.07, 6.45) is 4.93. The van der Waals surface area contributed by atoms with Gasteiger partial charge in [-0.2, -0.15) is 0 Å². The van der Waals surface area contributed by atoms with Gasteiger partial charge in [0.2, 0.25) is 0 Å². The minimum atomic E-state index is -0.576. The number of carbonyl (C=O) groups is 1. The Kier molecular flexibility index (Phi) is 4.82. The molecule has 5 aromatic heterocycles. The van der Waals surface area contributed by atoms with Gasteiger partial charge in [-0.05, 0) is 49.2 Å². The van der Waals surface area contributed by atoms with Gasteiger partial charge >= 0.3 is 0 Å². The zero-order valence-corrected chi connectivity index (χ0v) is 17.9. The Balaban J connectivity index is 1.78. The van der Waals surface area contributed by atoms with Gasteiger partial charge in [-0.1, -0.05) is 11.2 Å². The second kappa shape index (κ2) is 7.83. The Bertz CT molecular complexity index is 1650. The summed E-state index contributed by atoms with van der Waals surface area (Å²) in [6.45, 7) is 3.80. The molecule has 0 atom stereocenters. The van der Waals surface area contributed by atoms with Gasteiger partial charge in [-0.3, -0.25) is 24.4 Å². The van der Waals surface area contributed by atoms with Gasteiger partial charge in [-0.25, -0.2) is 4.98 Å². The highest BCUT2D eigenvalue weighted by molar-refractivity contribution is 6.05. The van der Waals surface area contributed by atoms with E-state index in [0.717, 1.165) is 11.1 Å². The molecular formula is C23H19N7O3. The number of carbonyl (C=O) groups excluding carboxylic acids is 1. The SMILES string of the molecule is Cc1cc(NC(=O)c2cc3c(=O)n4cccc(C)c4nc3n(Cc3ccncc3)c2=N)no1. The van der Waals surface area contributed by atoms with Crippen molar-refractivity contribution in [3.63, 3.8) is 0 Å². The van der Waals surface area contributed by atoms with Crippen molar-refractivity contribution in [3.8, 4) is 0 Å². The van der Waals surface area contributed by atoms with E-state index in [9.17, 15) is 9.59 Å². The Hall–Kier alpha value is -4.60. The van der Waals surface area contributed by atoms with E-state index in [1.165, 1.54) is 10.5 Å². The highest BCUT2D eigenvalue weighted by Gasteiger charge is 2.19. The van der Waals surface area contributed by atoms with Crippen LogP contribution >= 0.6 is 0 Å². The molecule has 10 heteroatoms. The average molecular weight is 441 g/mol. The predicted molar refractivity (Wildman–Crippen MR) is 120 cm³/mol. The number of hydrogen-bond acceptors (Lipinski definition) is 7. The molecule has 5 heterocycles. The number of anilines is 1. The minimum Gasteiger partial charge on any atom is -0.360 e. The first-order chi connectivity index (χ1) is 15.9. The maximum Gasteiger partial charge on any atom is 0.267 e. The molecule has 0 aromatic carbocycles. The van der Waals surface area contributed by atoms with Crippen LogP contribution < -0.4 is 16.4 Å². The summed E-state index contributed by atoms with van der Waals surface area (Å²) in [7, 11) is 0. The van der Waals surface area contributed by atoms with Gasteiger partial charge in [0.1, 0.15) is 22.5 Å². The number of rotatable bonds is 4. The van der Waals surface area contributed by atoms with Gasteiger partial charge in [-0.15, -0.1) is 0 Å². The molecule has 0 saturated heterocycles. The van der Waals surface area contributed by atoms with Crippen LogP contribution in [0, 0.1) is 19.3 Å². The molecule has 33 heavy (non-hydrogen) atoms. The molecule has 0 saturated carbocycles. The number of fused-ring (bicyclic) bond motifs is 2. The molecule has 0 aliphatic carbocycles. The normalized spacial score (nSPS) is 11.2. The van der Waals surface area contributed by atoms with Gasteiger partial charge in [0.25, 0.3) is 11.5 Å². The van der Waals surface area contributed by atoms with E-state index in [0.29, 0.717) is 17.1 Å². The molecule has 5 aromatic rings. The molecule has 5 rings (SSSR count). The summed E-state index contributed by atoms with van der Waals surface area (Å²) < 4.78 is 8.00. The summed E-state index contributed by atoms with van der Waals surface area (Å²) in [4.78, 5) is 35.2. The minimum absolute atomic E-state index is 0.0173. The van der Waals surface area contributed by atoms with Crippen molar-refractivity contribution in [1.82, 2.24) is 24.1 Å². The van der Waals surface area contributed by atoms with Crippen LogP contribution in [0.2, 0.25) is 0 Å². The quantitative estimate of drug-likeness (QED) is 0.412. The van der Waals surface area contributed by atoms with E-state index in [1.54, 1.807) is 42.2 Å². The Labute approximate surface area is 186 Å². The van der Waals surface area contributed by atoms with Crippen LogP contribution in [0.3, 0.4) is 0 Å². The van der Waals surface area contributed by atoms with Crippen LogP contribution in [-0.4, -0.2) is 30.0 Å². The molecular weight excluding hydrogens is 422 g/mol. The van der Waals surface area contributed by atoms with Crippen molar-refractivity contribution in [1.29, 1.82) is 5.41 Å². The second-order valence-electron chi connectivity index (χ2n) is 7.66. The number of nitrogens with zero attached hydrogens (tertiary/aromatic N) is 5. The molecule has 0 aliphatic rings. The average Bonchev–Trinajstić information content (AvgIpc) is 3.21. The lowest BCUT2D eigenvalue weighted by Crippen LogP contribution is -2.32. The lowest BCUT2D eigenvalue weighted by molar-refractivity contribution is 0.102. The fraction of sp³-hybridized carbons (Fsp3) is 0.130. The monoisotopic (exact) mass is 441 g/mol. The lowest BCUT2D eigenvalue weighted by Gasteiger charge is -2.15. The first-order valence-electron chi connectivity index (χ1n) is 10.2. The number of nitrogens with one attached hydrogen (secondary N) is 2. The highest BCUT2D eigenvalue weighted by Crippen LogP contribution is 2.15. The fourth-order valence-corrected chi connectivity index (χ4v) is 3.70. The molecule has 10 nitrogen and oxygen atoms in total. The lowest BCUT2D eigenvalue weighted by atomic mass is 10.1. The number of pyridine rings is 3. The third-order valence-electron chi connectivity index (χ3n) is 5.34. The van der Waals surface area contributed by atoms with Crippen LogP contribution in [0.1, 0.15) is 27.2 Å². The summed E-state index contributed by atoms with van der Waals surface area (Å²) in [5.41, 5.74) is 2.10. The third kappa shape index (κ3) is 3.57. The van der Waals surface area contributed by atoms with Crippen molar-refractivity contribution in [3.05, 3.63) is 93.3 Å². The van der Waals surface area contributed by atoms with E-state index in [4.69, 9.17) is 14.9 Å². The van der Waals surface area contributed by atoms with Gasteiger partial charge in [0.15, 0.2) is 5.82 Å². The predicted octanol–water partition coefficient (Wildman–Crippen LogP) is 2.43. The summed E-state index contributed by atoms with van der Waals surface area (Å²) in [5, 5.41) is 15.4. The molecule has 0 unspecified atom stereocenters. The highest BCUT2D eigenvalue weighted by atomic mass is 16.5. The van der Waals surface area contributed by atoms with Crippen LogP contribution in [0.25, 0.3) is 16.7 Å². The molecule has 0 bridgehead atoms. The maximum atomic E-state index is 13.4. The van der Waals surface area contributed by atoms with E-state index in [1.807, 2.05) is 25.1 Å². The Morgan fingerprint density at radius 2 is 1.94 bits per heavy atom. The smallest absolute Gasteiger partial charge is 0.267 e. The van der Waals surface area contributed by atoms with Crippen molar-refractivity contribution >= 4 is 28.4 Å². The molecule has 0 fully saturated rings. The van der Waals surface area contributed by atoms with Crippen molar-refractivity contribution < 1.29 is 9.32 Å². The topological polar surface area (TPSA) is 131 Å². The fourth-order valence-electron chi connectivity index (χ4n) is 3.70. The van der Waals surface area contributed by atoms with Crippen LogP contribution in [0.5, 0.6) is 0 Å². The second-order valence-corrected chi connectivity index (χ2v) is 7.66. The largest absolute Gasteiger partial charge is 0.360 e. The van der Waals surface area contributed by atoms with Crippen molar-refractivity contribution in [2.24, 2.45) is 0 Å². The van der Waals surface area contributed by atoms with E-state index in [-0.39, 0.29) is 34.4 Å². The summed E-state index contributed by atoms with van der Waals surface area (Å²) in [6, 6.07) is 10.2. The number of aromatic nitrogens is 5. The van der Waals surface area contributed by atoms with Crippen LogP contribution in [0.4, 0.5) is 5.82 Å². The van der Waals surface area contributed by atoms with Gasteiger partial charge < -0.3 is 14.4 Å². The zero-order valence-electron chi connectivity index (χ0n) is 17.9. The number of aryl methyl sites for hydroxylation is 2. The standard InChI is InChI=1S/C23H19N7O3/c1-13-4-3-9-29-20(13)27-21-17(23(29)32)11-16(22(31)26-18-10-14(2)33-28-18)19(24)30(21)12-15-5-7-25-8-6-15/h3-11,24H,12H2,1-2H3,(H,26,28,31). The van der Waals surface area contributed by atoms with Crippen LogP contribution in [-0.2, 0) is 6.54 Å². The van der Waals surface area contributed by atoms with Crippen molar-refractivity contribution in [2.45, 2.75) is 20.4 Å². The van der Waals surface area contributed by atoms with E-state index in [2.05, 4.69) is 15.5 Å². The zero-order chi connectivity index (χ0) is 23.1. The van der Waals surface area contributed by atoms with E-state index < -0.39 is 5.91 Å². The molecule has 2 N–H and O–H groups in total. The third-order valence-corrected chi connectivity index (χ3v) is 5.34. The molecule has 0 aliphatic heterocycles. The van der Waals surface area contributed by atoms with Gasteiger partial charge in [0.05, 0.1) is 17.5 Å². The molecule has 0 radical (unpaired) electrons. The number of amides is 1. The van der Waals surface area contributed by atoms with E-state index >= 15 is 0 Å². The molecule has 1 amide bonds. The summed E-state index contributed by atoms with van der Waals surface area (Å²) in [5.74, 6) is 0.182.